The molecule has 3 heterocycles. The van der Waals surface area contributed by atoms with Crippen LogP contribution >= 0.6 is 0 Å². The van der Waals surface area contributed by atoms with Crippen molar-refractivity contribution >= 4 is 15.9 Å². The lowest BCUT2D eigenvalue weighted by molar-refractivity contribution is 0.0697. The fourth-order valence-corrected chi connectivity index (χ4v) is 6.75. The first-order chi connectivity index (χ1) is 16.1. The molecule has 1 aliphatic rings. The Morgan fingerprint density at radius 1 is 0.941 bits per heavy atom. The molecule has 7 nitrogen and oxygen atoms in total. The molecule has 0 bridgehead atoms. The van der Waals surface area contributed by atoms with Gasteiger partial charge in [-0.1, -0.05) is 23.8 Å². The molecule has 0 unspecified atom stereocenters. The van der Waals surface area contributed by atoms with Crippen molar-refractivity contribution in [3.05, 3.63) is 81.9 Å². The minimum absolute atomic E-state index is 0.0554. The highest BCUT2D eigenvalue weighted by Gasteiger charge is 2.33. The number of pyridine rings is 1. The molecule has 0 N–H and O–H groups in total. The molecule has 2 aromatic heterocycles. The van der Waals surface area contributed by atoms with Gasteiger partial charge in [-0.25, -0.2) is 8.42 Å². The topological polar surface area (TPSA) is 75.5 Å². The van der Waals surface area contributed by atoms with E-state index >= 15 is 0 Å². The molecule has 4 rings (SSSR count). The summed E-state index contributed by atoms with van der Waals surface area (Å²) in [6.45, 7) is 11.5. The molecule has 3 aromatic rings. The van der Waals surface area contributed by atoms with Gasteiger partial charge in [0.1, 0.15) is 0 Å². The summed E-state index contributed by atoms with van der Waals surface area (Å²) < 4.78 is 30.4. The van der Waals surface area contributed by atoms with E-state index < -0.39 is 10.0 Å². The summed E-state index contributed by atoms with van der Waals surface area (Å²) in [7, 11) is -3.61. The molecule has 0 spiro atoms. The molecule has 8 heteroatoms. The summed E-state index contributed by atoms with van der Waals surface area (Å²) in [4.78, 5) is 19.9. The van der Waals surface area contributed by atoms with Crippen LogP contribution in [0.25, 0.3) is 0 Å². The number of sulfonamides is 1. The first-order valence-corrected chi connectivity index (χ1v) is 13.0. The number of hydrogen-bond acceptors (Lipinski definition) is 4. The van der Waals surface area contributed by atoms with Crippen LogP contribution in [0.1, 0.15) is 44.1 Å². The Morgan fingerprint density at radius 2 is 1.59 bits per heavy atom. The highest BCUT2D eigenvalue weighted by atomic mass is 32.2. The maximum absolute atomic E-state index is 13.4. The molecule has 0 saturated carbocycles. The van der Waals surface area contributed by atoms with Crippen LogP contribution in [0.15, 0.2) is 47.5 Å². The molecule has 34 heavy (non-hydrogen) atoms. The number of hydrogen-bond donors (Lipinski definition) is 0. The molecule has 1 aromatic carbocycles. The zero-order valence-electron chi connectivity index (χ0n) is 20.5. The van der Waals surface area contributed by atoms with E-state index in [-0.39, 0.29) is 19.0 Å². The van der Waals surface area contributed by atoms with Crippen LogP contribution in [0.4, 0.5) is 0 Å². The second-order valence-electron chi connectivity index (χ2n) is 9.12. The number of amides is 1. The summed E-state index contributed by atoms with van der Waals surface area (Å²) in [5.41, 5.74) is 6.06. The summed E-state index contributed by atoms with van der Waals surface area (Å²) >= 11 is 0. The van der Waals surface area contributed by atoms with Gasteiger partial charge in [0, 0.05) is 43.8 Å². The minimum Gasteiger partial charge on any atom is -0.342 e. The van der Waals surface area contributed by atoms with Crippen LogP contribution in [0.2, 0.25) is 0 Å². The SMILES string of the molecule is Cc1cc(C)c(S(=O)(=O)N2CCN(C(=O)c3cc(C)n(Cc4ccccn4)c3C)CC2)c(C)c1. The third-order valence-electron chi connectivity index (χ3n) is 6.58. The minimum atomic E-state index is -3.61. The van der Waals surface area contributed by atoms with Crippen LogP contribution in [-0.4, -0.2) is 59.3 Å². The second-order valence-corrected chi connectivity index (χ2v) is 11.0. The van der Waals surface area contributed by atoms with Crippen LogP contribution in [0, 0.1) is 34.6 Å². The third kappa shape index (κ3) is 4.52. The molecule has 1 amide bonds. The number of piperazine rings is 1. The van der Waals surface area contributed by atoms with Gasteiger partial charge in [-0.05, 0) is 63.9 Å². The molecule has 180 valence electrons. The number of carbonyl (C=O) groups excluding carboxylic acids is 1. The van der Waals surface area contributed by atoms with Crippen LogP contribution in [0.3, 0.4) is 0 Å². The van der Waals surface area contributed by atoms with Crippen LogP contribution < -0.4 is 0 Å². The van der Waals surface area contributed by atoms with Gasteiger partial charge in [0.25, 0.3) is 5.91 Å². The van der Waals surface area contributed by atoms with Crippen molar-refractivity contribution in [2.24, 2.45) is 0 Å². The number of rotatable bonds is 5. The number of nitrogens with zero attached hydrogens (tertiary/aromatic N) is 4. The van der Waals surface area contributed by atoms with Crippen molar-refractivity contribution in [2.45, 2.75) is 46.1 Å². The Balaban J connectivity index is 1.49. The molecule has 1 saturated heterocycles. The molecular formula is C26H32N4O3S. The maximum Gasteiger partial charge on any atom is 0.255 e. The number of aromatic nitrogens is 2. The Labute approximate surface area is 202 Å². The van der Waals surface area contributed by atoms with E-state index in [1.807, 2.05) is 71.0 Å². The van der Waals surface area contributed by atoms with E-state index in [4.69, 9.17) is 0 Å². The first kappa shape index (κ1) is 24.2. The molecule has 1 fully saturated rings. The van der Waals surface area contributed by atoms with Crippen molar-refractivity contribution in [3.63, 3.8) is 0 Å². The lowest BCUT2D eigenvalue weighted by atomic mass is 10.1. The summed E-state index contributed by atoms with van der Waals surface area (Å²) in [6, 6.07) is 11.5. The van der Waals surface area contributed by atoms with Gasteiger partial charge in [0.05, 0.1) is 22.7 Å². The van der Waals surface area contributed by atoms with Crippen molar-refractivity contribution in [1.82, 2.24) is 18.8 Å². The predicted octanol–water partition coefficient (Wildman–Crippen LogP) is 3.62. The lowest BCUT2D eigenvalue weighted by Crippen LogP contribution is -2.50. The van der Waals surface area contributed by atoms with Gasteiger partial charge in [0.15, 0.2) is 0 Å². The van der Waals surface area contributed by atoms with Crippen LogP contribution in [0.5, 0.6) is 0 Å². The quantitative estimate of drug-likeness (QED) is 0.559. The van der Waals surface area contributed by atoms with E-state index in [1.54, 1.807) is 11.1 Å². The highest BCUT2D eigenvalue weighted by molar-refractivity contribution is 7.89. The molecule has 0 radical (unpaired) electrons. The molecule has 0 atom stereocenters. The number of aryl methyl sites for hydroxylation is 4. The van der Waals surface area contributed by atoms with E-state index in [0.29, 0.717) is 30.1 Å². The Morgan fingerprint density at radius 3 is 2.18 bits per heavy atom. The van der Waals surface area contributed by atoms with Crippen molar-refractivity contribution in [2.75, 3.05) is 26.2 Å². The van der Waals surface area contributed by atoms with E-state index in [9.17, 15) is 13.2 Å². The fourth-order valence-electron chi connectivity index (χ4n) is 4.92. The number of carbonyl (C=O) groups is 1. The van der Waals surface area contributed by atoms with E-state index in [2.05, 4.69) is 9.55 Å². The average molecular weight is 481 g/mol. The van der Waals surface area contributed by atoms with E-state index in [0.717, 1.165) is 33.8 Å². The zero-order chi connectivity index (χ0) is 24.6. The van der Waals surface area contributed by atoms with Crippen LogP contribution in [-0.2, 0) is 16.6 Å². The van der Waals surface area contributed by atoms with E-state index in [1.165, 1.54) is 4.31 Å². The largest absolute Gasteiger partial charge is 0.342 e. The Kier molecular flexibility index (Phi) is 6.64. The monoisotopic (exact) mass is 480 g/mol. The highest BCUT2D eigenvalue weighted by Crippen LogP contribution is 2.27. The maximum atomic E-state index is 13.4. The molecular weight excluding hydrogens is 448 g/mol. The predicted molar refractivity (Wildman–Crippen MR) is 133 cm³/mol. The average Bonchev–Trinajstić information content (AvgIpc) is 3.07. The molecule has 1 aliphatic heterocycles. The van der Waals surface area contributed by atoms with Gasteiger partial charge in [-0.15, -0.1) is 0 Å². The summed E-state index contributed by atoms with van der Waals surface area (Å²) in [5.74, 6) is -0.0554. The van der Waals surface area contributed by atoms with Gasteiger partial charge in [0.2, 0.25) is 10.0 Å². The summed E-state index contributed by atoms with van der Waals surface area (Å²) in [5, 5.41) is 0. The second kappa shape index (κ2) is 9.35. The Hall–Kier alpha value is -2.97. The Bertz CT molecular complexity index is 1300. The standard InChI is InChI=1S/C26H32N4O3S/c1-18-14-19(2)25(20(3)15-18)34(32,33)29-12-10-28(11-13-29)26(31)24-16-21(4)30(22(24)5)17-23-8-6-7-9-27-23/h6-9,14-16H,10-13,17H2,1-5H3. The first-order valence-electron chi connectivity index (χ1n) is 11.5. The molecule has 0 aliphatic carbocycles. The third-order valence-corrected chi connectivity index (χ3v) is 8.78. The zero-order valence-corrected chi connectivity index (χ0v) is 21.3. The van der Waals surface area contributed by atoms with Crippen molar-refractivity contribution in [1.29, 1.82) is 0 Å². The van der Waals surface area contributed by atoms with Gasteiger partial charge < -0.3 is 9.47 Å². The van der Waals surface area contributed by atoms with Crippen molar-refractivity contribution < 1.29 is 13.2 Å². The van der Waals surface area contributed by atoms with Crippen molar-refractivity contribution in [3.8, 4) is 0 Å². The summed E-state index contributed by atoms with van der Waals surface area (Å²) in [6.07, 6.45) is 1.77. The number of benzene rings is 1. The fraction of sp³-hybridized carbons (Fsp3) is 0.385. The normalized spacial score (nSPS) is 15.0. The smallest absolute Gasteiger partial charge is 0.255 e. The van der Waals surface area contributed by atoms with Gasteiger partial charge in [-0.2, -0.15) is 4.31 Å². The lowest BCUT2D eigenvalue weighted by Gasteiger charge is -2.34. The van der Waals surface area contributed by atoms with Gasteiger partial charge in [-0.3, -0.25) is 9.78 Å². The van der Waals surface area contributed by atoms with Gasteiger partial charge >= 0.3 is 0 Å².